The Morgan fingerprint density at radius 1 is 0.969 bits per heavy atom. The zero-order chi connectivity index (χ0) is 22.7. The Labute approximate surface area is 191 Å². The standard InChI is InChI=1S/C25H33N3O3S/c1-19-5-3-16-27(19)18-15-20-7-9-21(10-8-20)22-11-13-23(14-12-22)32(30,31)28-17-4-6-24(28)25(29)26-2/h7-14,19,24H,3-6,15-18H2,1-2H3,(H,26,29). The molecule has 2 aromatic carbocycles. The van der Waals surface area contributed by atoms with Crippen molar-refractivity contribution in [1.29, 1.82) is 0 Å². The van der Waals surface area contributed by atoms with Gasteiger partial charge in [-0.25, -0.2) is 8.42 Å². The van der Waals surface area contributed by atoms with Crippen LogP contribution in [0.3, 0.4) is 0 Å². The highest BCUT2D eigenvalue weighted by atomic mass is 32.2. The molecule has 2 aromatic rings. The number of hydrogen-bond acceptors (Lipinski definition) is 4. The SMILES string of the molecule is CNC(=O)C1CCCN1S(=O)(=O)c1ccc(-c2ccc(CCN3CCCC3C)cc2)cc1. The molecule has 7 heteroatoms. The van der Waals surface area contributed by atoms with Crippen molar-refractivity contribution in [3.8, 4) is 11.1 Å². The highest BCUT2D eigenvalue weighted by molar-refractivity contribution is 7.89. The molecule has 1 N–H and O–H groups in total. The molecular weight excluding hydrogens is 422 g/mol. The number of sulfonamides is 1. The highest BCUT2D eigenvalue weighted by Gasteiger charge is 2.38. The van der Waals surface area contributed by atoms with E-state index in [1.165, 1.54) is 29.3 Å². The molecule has 2 saturated heterocycles. The zero-order valence-electron chi connectivity index (χ0n) is 19.0. The van der Waals surface area contributed by atoms with Crippen molar-refractivity contribution in [2.45, 2.75) is 56.0 Å². The topological polar surface area (TPSA) is 69.7 Å². The number of hydrogen-bond donors (Lipinski definition) is 1. The summed E-state index contributed by atoms with van der Waals surface area (Å²) in [5.74, 6) is -0.248. The summed E-state index contributed by atoms with van der Waals surface area (Å²) in [4.78, 5) is 14.9. The molecule has 0 saturated carbocycles. The zero-order valence-corrected chi connectivity index (χ0v) is 19.8. The molecule has 2 heterocycles. The fourth-order valence-electron chi connectivity index (χ4n) is 4.87. The van der Waals surface area contributed by atoms with Gasteiger partial charge in [-0.1, -0.05) is 36.4 Å². The fraction of sp³-hybridized carbons (Fsp3) is 0.480. The normalized spacial score (nSPS) is 22.3. The van der Waals surface area contributed by atoms with Gasteiger partial charge in [-0.05, 0) is 74.4 Å². The largest absolute Gasteiger partial charge is 0.358 e. The van der Waals surface area contributed by atoms with Crippen LogP contribution in [-0.2, 0) is 21.2 Å². The Bertz CT molecular complexity index is 1040. The molecule has 0 radical (unpaired) electrons. The molecule has 0 aromatic heterocycles. The molecule has 6 nitrogen and oxygen atoms in total. The summed E-state index contributed by atoms with van der Waals surface area (Å²) in [7, 11) is -2.16. The number of nitrogens with one attached hydrogen (secondary N) is 1. The van der Waals surface area contributed by atoms with Gasteiger partial charge in [0.25, 0.3) is 0 Å². The first-order valence-corrected chi connectivity index (χ1v) is 13.0. The van der Waals surface area contributed by atoms with Crippen LogP contribution in [0.15, 0.2) is 53.4 Å². The molecular formula is C25H33N3O3S. The summed E-state index contributed by atoms with van der Waals surface area (Å²) in [6.07, 6.45) is 4.90. The lowest BCUT2D eigenvalue weighted by Crippen LogP contribution is -2.44. The van der Waals surface area contributed by atoms with Crippen LogP contribution in [0.25, 0.3) is 11.1 Å². The quantitative estimate of drug-likeness (QED) is 0.696. The number of likely N-dealkylation sites (tertiary alicyclic amines) is 1. The van der Waals surface area contributed by atoms with Crippen LogP contribution in [0, 0.1) is 0 Å². The van der Waals surface area contributed by atoms with Gasteiger partial charge in [-0.3, -0.25) is 4.79 Å². The lowest BCUT2D eigenvalue weighted by Gasteiger charge is -2.22. The van der Waals surface area contributed by atoms with E-state index in [1.54, 1.807) is 19.2 Å². The first-order valence-electron chi connectivity index (χ1n) is 11.6. The molecule has 2 fully saturated rings. The van der Waals surface area contributed by atoms with Gasteiger partial charge in [0.15, 0.2) is 0 Å². The summed E-state index contributed by atoms with van der Waals surface area (Å²) in [5, 5.41) is 2.57. The minimum atomic E-state index is -3.70. The number of carbonyl (C=O) groups is 1. The third kappa shape index (κ3) is 4.75. The number of likely N-dealkylation sites (N-methyl/N-ethyl adjacent to an activating group) is 1. The van der Waals surface area contributed by atoms with Crippen molar-refractivity contribution >= 4 is 15.9 Å². The van der Waals surface area contributed by atoms with Crippen LogP contribution in [0.5, 0.6) is 0 Å². The van der Waals surface area contributed by atoms with E-state index in [-0.39, 0.29) is 10.8 Å². The smallest absolute Gasteiger partial charge is 0.243 e. The molecule has 2 aliphatic heterocycles. The van der Waals surface area contributed by atoms with Gasteiger partial charge in [0, 0.05) is 26.2 Å². The molecule has 172 valence electrons. The Morgan fingerprint density at radius 2 is 1.59 bits per heavy atom. The predicted octanol–water partition coefficient (Wildman–Crippen LogP) is 3.28. The molecule has 32 heavy (non-hydrogen) atoms. The Balaban J connectivity index is 1.43. The summed E-state index contributed by atoms with van der Waals surface area (Å²) in [6, 6.07) is 15.6. The molecule has 2 atom stereocenters. The van der Waals surface area contributed by atoms with E-state index in [4.69, 9.17) is 0 Å². The third-order valence-electron chi connectivity index (χ3n) is 6.88. The number of rotatable bonds is 7. The van der Waals surface area contributed by atoms with Crippen LogP contribution in [-0.4, -0.2) is 62.3 Å². The number of nitrogens with zero attached hydrogens (tertiary/aromatic N) is 2. The van der Waals surface area contributed by atoms with Gasteiger partial charge < -0.3 is 10.2 Å². The molecule has 0 spiro atoms. The Hall–Kier alpha value is -2.22. The maximum Gasteiger partial charge on any atom is 0.243 e. The monoisotopic (exact) mass is 455 g/mol. The average molecular weight is 456 g/mol. The van der Waals surface area contributed by atoms with Crippen LogP contribution < -0.4 is 5.32 Å². The third-order valence-corrected chi connectivity index (χ3v) is 8.80. The van der Waals surface area contributed by atoms with Crippen molar-refractivity contribution in [3.63, 3.8) is 0 Å². The van der Waals surface area contributed by atoms with Crippen LogP contribution in [0.2, 0.25) is 0 Å². The summed E-state index contributed by atoms with van der Waals surface area (Å²) >= 11 is 0. The van der Waals surface area contributed by atoms with Crippen molar-refractivity contribution < 1.29 is 13.2 Å². The van der Waals surface area contributed by atoms with E-state index in [0.717, 1.165) is 24.1 Å². The minimum Gasteiger partial charge on any atom is -0.358 e. The van der Waals surface area contributed by atoms with E-state index in [0.29, 0.717) is 25.4 Å². The molecule has 0 aliphatic carbocycles. The summed E-state index contributed by atoms with van der Waals surface area (Å²) in [5.41, 5.74) is 3.37. The highest BCUT2D eigenvalue weighted by Crippen LogP contribution is 2.28. The minimum absolute atomic E-state index is 0.230. The average Bonchev–Trinajstić information content (AvgIpc) is 3.47. The van der Waals surface area contributed by atoms with E-state index < -0.39 is 16.1 Å². The van der Waals surface area contributed by atoms with Gasteiger partial charge in [-0.2, -0.15) is 4.31 Å². The van der Waals surface area contributed by atoms with Gasteiger partial charge in [0.2, 0.25) is 15.9 Å². The second-order valence-electron chi connectivity index (χ2n) is 8.89. The van der Waals surface area contributed by atoms with E-state index in [2.05, 4.69) is 41.4 Å². The number of amides is 1. The molecule has 0 bridgehead atoms. The van der Waals surface area contributed by atoms with E-state index >= 15 is 0 Å². The first kappa shape index (κ1) is 23.0. The summed E-state index contributed by atoms with van der Waals surface area (Å²) < 4.78 is 27.5. The second kappa shape index (κ2) is 9.73. The Morgan fingerprint density at radius 3 is 2.19 bits per heavy atom. The lowest BCUT2D eigenvalue weighted by molar-refractivity contribution is -0.123. The van der Waals surface area contributed by atoms with Gasteiger partial charge in [-0.15, -0.1) is 0 Å². The van der Waals surface area contributed by atoms with E-state index in [9.17, 15) is 13.2 Å². The molecule has 1 amide bonds. The molecule has 4 rings (SSSR count). The maximum atomic E-state index is 13.1. The first-order chi connectivity index (χ1) is 15.4. The van der Waals surface area contributed by atoms with Gasteiger partial charge >= 0.3 is 0 Å². The van der Waals surface area contributed by atoms with Crippen molar-refractivity contribution in [3.05, 3.63) is 54.1 Å². The number of benzene rings is 2. The summed E-state index contributed by atoms with van der Waals surface area (Å²) in [6.45, 7) is 4.98. The van der Waals surface area contributed by atoms with Crippen LogP contribution >= 0.6 is 0 Å². The van der Waals surface area contributed by atoms with E-state index in [1.807, 2.05) is 12.1 Å². The van der Waals surface area contributed by atoms with Gasteiger partial charge in [0.1, 0.15) is 6.04 Å². The van der Waals surface area contributed by atoms with Crippen LogP contribution in [0.1, 0.15) is 38.2 Å². The number of carbonyl (C=O) groups excluding carboxylic acids is 1. The maximum absolute atomic E-state index is 13.1. The predicted molar refractivity (Wildman–Crippen MR) is 127 cm³/mol. The fourth-order valence-corrected chi connectivity index (χ4v) is 6.53. The lowest BCUT2D eigenvalue weighted by atomic mass is 10.0. The van der Waals surface area contributed by atoms with Crippen molar-refractivity contribution in [1.82, 2.24) is 14.5 Å². The molecule has 2 aliphatic rings. The van der Waals surface area contributed by atoms with Crippen molar-refractivity contribution in [2.24, 2.45) is 0 Å². The van der Waals surface area contributed by atoms with Gasteiger partial charge in [0.05, 0.1) is 4.90 Å². The second-order valence-corrected chi connectivity index (χ2v) is 10.8. The van der Waals surface area contributed by atoms with Crippen molar-refractivity contribution in [2.75, 3.05) is 26.7 Å². The Kier molecular flexibility index (Phi) is 6.98. The molecule has 2 unspecified atom stereocenters. The van der Waals surface area contributed by atoms with Crippen LogP contribution in [0.4, 0.5) is 0 Å².